The molecule has 0 spiro atoms. The van der Waals surface area contributed by atoms with Crippen molar-refractivity contribution in [1.29, 1.82) is 0 Å². The molecule has 1 atom stereocenters. The molecule has 0 aliphatic rings. The molecule has 1 aromatic carbocycles. The van der Waals surface area contributed by atoms with Crippen molar-refractivity contribution in [2.45, 2.75) is 13.0 Å². The lowest BCUT2D eigenvalue weighted by molar-refractivity contribution is 0.273. The molecular formula is C10H14FNO. The van der Waals surface area contributed by atoms with Crippen LogP contribution in [0.4, 0.5) is 4.39 Å². The molecule has 0 heterocycles. The number of hydrogen-bond acceptors (Lipinski definition) is 2. The fourth-order valence-corrected chi connectivity index (χ4v) is 1.02. The number of nitrogens with two attached hydrogens (primary N) is 1. The Labute approximate surface area is 77.5 Å². The summed E-state index contributed by atoms with van der Waals surface area (Å²) in [5.74, 6) is 0.682. The van der Waals surface area contributed by atoms with Gasteiger partial charge >= 0.3 is 0 Å². The quantitative estimate of drug-likeness (QED) is 0.775. The van der Waals surface area contributed by atoms with Gasteiger partial charge in [-0.15, -0.1) is 0 Å². The molecule has 0 amide bonds. The van der Waals surface area contributed by atoms with E-state index in [0.29, 0.717) is 5.75 Å². The Bertz CT molecular complexity index is 246. The third kappa shape index (κ3) is 3.03. The van der Waals surface area contributed by atoms with Crippen LogP contribution in [0.5, 0.6) is 5.75 Å². The Kier molecular flexibility index (Phi) is 3.71. The Morgan fingerprint density at radius 2 is 2.00 bits per heavy atom. The molecule has 0 saturated heterocycles. The van der Waals surface area contributed by atoms with Crippen molar-refractivity contribution in [2.75, 3.05) is 13.3 Å². The minimum atomic E-state index is -0.463. The van der Waals surface area contributed by atoms with Crippen molar-refractivity contribution in [3.05, 3.63) is 29.8 Å². The Morgan fingerprint density at radius 1 is 1.38 bits per heavy atom. The van der Waals surface area contributed by atoms with Crippen molar-refractivity contribution >= 4 is 0 Å². The number of ether oxygens (including phenoxy) is 1. The first kappa shape index (κ1) is 9.99. The lowest BCUT2D eigenvalue weighted by atomic mass is 10.1. The van der Waals surface area contributed by atoms with Crippen molar-refractivity contribution < 1.29 is 9.13 Å². The second kappa shape index (κ2) is 4.82. The Morgan fingerprint density at radius 3 is 2.46 bits per heavy atom. The largest absolute Gasteiger partial charge is 0.491 e. The van der Waals surface area contributed by atoms with Crippen LogP contribution >= 0.6 is 0 Å². The minimum absolute atomic E-state index is 0.0234. The molecule has 0 fully saturated rings. The molecule has 2 nitrogen and oxygen atoms in total. The van der Waals surface area contributed by atoms with Gasteiger partial charge in [0.2, 0.25) is 0 Å². The van der Waals surface area contributed by atoms with Crippen LogP contribution in [-0.4, -0.2) is 13.3 Å². The molecule has 72 valence electrons. The zero-order valence-corrected chi connectivity index (χ0v) is 7.66. The normalized spacial score (nSPS) is 12.5. The van der Waals surface area contributed by atoms with E-state index in [4.69, 9.17) is 10.5 Å². The number of halogens is 1. The summed E-state index contributed by atoms with van der Waals surface area (Å²) in [4.78, 5) is 0. The van der Waals surface area contributed by atoms with Crippen LogP contribution in [0.2, 0.25) is 0 Å². The van der Waals surface area contributed by atoms with Crippen molar-refractivity contribution in [3.63, 3.8) is 0 Å². The average molecular weight is 183 g/mol. The SMILES string of the molecule is C[C@@H](N)c1ccc(OCCF)cc1. The summed E-state index contributed by atoms with van der Waals surface area (Å²) in [7, 11) is 0. The molecule has 0 aliphatic carbocycles. The molecule has 13 heavy (non-hydrogen) atoms. The summed E-state index contributed by atoms with van der Waals surface area (Å²) in [6, 6.07) is 7.40. The maximum Gasteiger partial charge on any atom is 0.123 e. The highest BCUT2D eigenvalue weighted by Crippen LogP contribution is 2.15. The van der Waals surface area contributed by atoms with Crippen molar-refractivity contribution in [1.82, 2.24) is 0 Å². The zero-order valence-electron chi connectivity index (χ0n) is 7.66. The van der Waals surface area contributed by atoms with E-state index >= 15 is 0 Å². The first-order valence-corrected chi connectivity index (χ1v) is 4.28. The molecule has 0 aromatic heterocycles. The molecule has 0 aliphatic heterocycles. The van der Waals surface area contributed by atoms with Gasteiger partial charge in [0.05, 0.1) is 0 Å². The van der Waals surface area contributed by atoms with E-state index in [2.05, 4.69) is 0 Å². The summed E-state index contributed by atoms with van der Waals surface area (Å²) >= 11 is 0. The van der Waals surface area contributed by atoms with E-state index in [9.17, 15) is 4.39 Å². The van der Waals surface area contributed by atoms with Gasteiger partial charge in [-0.3, -0.25) is 0 Å². The number of rotatable bonds is 4. The van der Waals surface area contributed by atoms with Gasteiger partial charge in [0.15, 0.2) is 0 Å². The summed E-state index contributed by atoms with van der Waals surface area (Å²) in [6.07, 6.45) is 0. The van der Waals surface area contributed by atoms with E-state index in [1.54, 1.807) is 12.1 Å². The maximum atomic E-state index is 11.7. The van der Waals surface area contributed by atoms with E-state index < -0.39 is 6.67 Å². The molecule has 0 unspecified atom stereocenters. The van der Waals surface area contributed by atoms with E-state index in [1.807, 2.05) is 19.1 Å². The average Bonchev–Trinajstić information content (AvgIpc) is 2.15. The third-order valence-electron chi connectivity index (χ3n) is 1.75. The van der Waals surface area contributed by atoms with Gasteiger partial charge < -0.3 is 10.5 Å². The number of alkyl halides is 1. The van der Waals surface area contributed by atoms with E-state index in [1.165, 1.54) is 0 Å². The first-order valence-electron chi connectivity index (χ1n) is 4.28. The highest BCUT2D eigenvalue weighted by Gasteiger charge is 1.98. The molecule has 0 bridgehead atoms. The lowest BCUT2D eigenvalue weighted by Gasteiger charge is -2.07. The first-order chi connectivity index (χ1) is 6.24. The maximum absolute atomic E-state index is 11.7. The molecule has 1 aromatic rings. The van der Waals surface area contributed by atoms with E-state index in [0.717, 1.165) is 5.56 Å². The van der Waals surface area contributed by atoms with Gasteiger partial charge in [-0.1, -0.05) is 12.1 Å². The van der Waals surface area contributed by atoms with Crippen LogP contribution in [0.3, 0.4) is 0 Å². The zero-order chi connectivity index (χ0) is 9.68. The van der Waals surface area contributed by atoms with Gasteiger partial charge in [0.1, 0.15) is 19.0 Å². The predicted molar refractivity (Wildman–Crippen MR) is 50.5 cm³/mol. The molecule has 0 radical (unpaired) electrons. The topological polar surface area (TPSA) is 35.2 Å². The second-order valence-corrected chi connectivity index (χ2v) is 2.90. The van der Waals surface area contributed by atoms with E-state index in [-0.39, 0.29) is 12.6 Å². The number of hydrogen-bond donors (Lipinski definition) is 1. The van der Waals surface area contributed by atoms with Crippen LogP contribution in [-0.2, 0) is 0 Å². The second-order valence-electron chi connectivity index (χ2n) is 2.90. The fourth-order valence-electron chi connectivity index (χ4n) is 1.02. The van der Waals surface area contributed by atoms with Crippen LogP contribution in [0, 0.1) is 0 Å². The monoisotopic (exact) mass is 183 g/mol. The highest BCUT2D eigenvalue weighted by molar-refractivity contribution is 5.28. The third-order valence-corrected chi connectivity index (χ3v) is 1.75. The highest BCUT2D eigenvalue weighted by atomic mass is 19.1. The van der Waals surface area contributed by atoms with Gasteiger partial charge in [-0.05, 0) is 24.6 Å². The summed E-state index contributed by atoms with van der Waals surface area (Å²) in [6.45, 7) is 1.56. The minimum Gasteiger partial charge on any atom is -0.491 e. The summed E-state index contributed by atoms with van der Waals surface area (Å²) < 4.78 is 16.8. The van der Waals surface area contributed by atoms with Gasteiger partial charge in [-0.2, -0.15) is 0 Å². The molecule has 0 saturated carbocycles. The Balaban J connectivity index is 2.59. The summed E-state index contributed by atoms with van der Waals surface area (Å²) in [5, 5.41) is 0. The Hall–Kier alpha value is -1.09. The van der Waals surface area contributed by atoms with Gasteiger partial charge in [-0.25, -0.2) is 4.39 Å². The van der Waals surface area contributed by atoms with Crippen LogP contribution < -0.4 is 10.5 Å². The molecule has 1 rings (SSSR count). The molecular weight excluding hydrogens is 169 g/mol. The van der Waals surface area contributed by atoms with Crippen molar-refractivity contribution in [3.8, 4) is 5.75 Å². The van der Waals surface area contributed by atoms with Gasteiger partial charge in [0.25, 0.3) is 0 Å². The fraction of sp³-hybridized carbons (Fsp3) is 0.400. The smallest absolute Gasteiger partial charge is 0.123 e. The van der Waals surface area contributed by atoms with Crippen LogP contribution in [0.25, 0.3) is 0 Å². The predicted octanol–water partition coefficient (Wildman–Crippen LogP) is 2.05. The lowest BCUT2D eigenvalue weighted by Crippen LogP contribution is -2.04. The van der Waals surface area contributed by atoms with Crippen LogP contribution in [0.15, 0.2) is 24.3 Å². The van der Waals surface area contributed by atoms with Gasteiger partial charge in [0, 0.05) is 6.04 Å². The number of benzene rings is 1. The summed E-state index contributed by atoms with van der Waals surface area (Å²) in [5.41, 5.74) is 6.71. The standard InChI is InChI=1S/C10H14FNO/c1-8(12)9-2-4-10(5-3-9)13-7-6-11/h2-5,8H,6-7,12H2,1H3/t8-/m1/s1. The van der Waals surface area contributed by atoms with Crippen LogP contribution in [0.1, 0.15) is 18.5 Å². The molecule has 3 heteroatoms. The molecule has 2 N–H and O–H groups in total. The van der Waals surface area contributed by atoms with Crippen molar-refractivity contribution in [2.24, 2.45) is 5.73 Å².